The average molecular weight is 638 g/mol. The fourth-order valence-corrected chi connectivity index (χ4v) is 7.57. The van der Waals surface area contributed by atoms with Gasteiger partial charge in [0.2, 0.25) is 5.91 Å². The molecule has 2 aromatic rings. The Morgan fingerprint density at radius 2 is 1.44 bits per heavy atom. The Morgan fingerprint density at radius 1 is 0.800 bits per heavy atom. The molecule has 0 aromatic heterocycles. The van der Waals surface area contributed by atoms with Crippen LogP contribution in [0.15, 0.2) is 36.4 Å². The van der Waals surface area contributed by atoms with Crippen LogP contribution < -0.4 is 0 Å². The Morgan fingerprint density at radius 3 is 2.04 bits per heavy atom. The average Bonchev–Trinajstić information content (AvgIpc) is 3.01. The monoisotopic (exact) mass is 637 g/mol. The molecule has 45 heavy (non-hydrogen) atoms. The van der Waals surface area contributed by atoms with Crippen LogP contribution >= 0.6 is 0 Å². The second kappa shape index (κ2) is 13.6. The number of rotatable bonds is 7. The van der Waals surface area contributed by atoms with Crippen LogP contribution in [0.4, 0.5) is 26.3 Å². The molecule has 3 saturated heterocycles. The first-order chi connectivity index (χ1) is 21.2. The summed E-state index contributed by atoms with van der Waals surface area (Å²) in [6, 6.07) is 8.50. The van der Waals surface area contributed by atoms with Gasteiger partial charge in [-0.2, -0.15) is 26.3 Å². The molecule has 0 radical (unpaired) electrons. The van der Waals surface area contributed by atoms with Gasteiger partial charge in [-0.15, -0.1) is 0 Å². The van der Waals surface area contributed by atoms with E-state index in [9.17, 15) is 31.1 Å². The van der Waals surface area contributed by atoms with Crippen molar-refractivity contribution in [2.45, 2.75) is 95.4 Å². The van der Waals surface area contributed by atoms with Crippen molar-refractivity contribution >= 4 is 5.91 Å². The summed E-state index contributed by atoms with van der Waals surface area (Å²) < 4.78 is 80.8. The summed E-state index contributed by atoms with van der Waals surface area (Å²) in [5, 5.41) is 0. The molecule has 0 unspecified atom stereocenters. The highest BCUT2D eigenvalue weighted by Gasteiger charge is 2.41. The number of aryl methyl sites for hydroxylation is 2. The van der Waals surface area contributed by atoms with E-state index >= 15 is 0 Å². The maximum absolute atomic E-state index is 13.6. The van der Waals surface area contributed by atoms with Crippen molar-refractivity contribution in [1.82, 2.24) is 14.7 Å². The molecule has 3 fully saturated rings. The van der Waals surface area contributed by atoms with Crippen molar-refractivity contribution in [1.29, 1.82) is 0 Å². The van der Waals surface area contributed by atoms with Crippen LogP contribution in [0.2, 0.25) is 0 Å². The summed E-state index contributed by atoms with van der Waals surface area (Å²) in [4.78, 5) is 20.4. The van der Waals surface area contributed by atoms with Crippen LogP contribution in [-0.2, 0) is 29.0 Å². The number of hydrogen-bond acceptors (Lipinski definition) is 3. The lowest BCUT2D eigenvalue weighted by Gasteiger charge is -2.46. The summed E-state index contributed by atoms with van der Waals surface area (Å²) in [6.07, 6.45) is -1.82. The van der Waals surface area contributed by atoms with Crippen molar-refractivity contribution < 1.29 is 31.1 Å². The Bertz CT molecular complexity index is 1300. The fourth-order valence-electron chi connectivity index (χ4n) is 7.57. The van der Waals surface area contributed by atoms with Gasteiger partial charge in [-0.1, -0.05) is 24.6 Å². The number of carbonyl (C=O) groups is 1. The minimum atomic E-state index is -4.95. The van der Waals surface area contributed by atoms with Crippen molar-refractivity contribution in [3.8, 4) is 0 Å². The summed E-state index contributed by atoms with van der Waals surface area (Å²) in [7, 11) is 0. The molecule has 5 rings (SSSR count). The molecule has 4 nitrogen and oxygen atoms in total. The third-order valence-corrected chi connectivity index (χ3v) is 10.4. The summed E-state index contributed by atoms with van der Waals surface area (Å²) >= 11 is 0. The standard InChI is InChI=1S/C35H45F6N3O/c1-25-7-8-28(19-26(25)2)33(12-18-42-16-9-31(10-17-42)43-13-4-3-5-14-43)11-6-15-44(24-33)32(45)22-27-20-29(34(36,37)38)23-30(21-27)35(39,40)41/h7-8,19-21,23,31H,3-6,9-18,22,24H2,1-2H3/t33-/m1/s1. The van der Waals surface area contributed by atoms with Crippen molar-refractivity contribution in [3.05, 3.63) is 69.8 Å². The van der Waals surface area contributed by atoms with Crippen LogP contribution in [0.5, 0.6) is 0 Å². The van der Waals surface area contributed by atoms with Crippen LogP contribution in [-0.4, -0.2) is 72.5 Å². The molecule has 2 aromatic carbocycles. The highest BCUT2D eigenvalue weighted by atomic mass is 19.4. The number of piperidine rings is 3. The highest BCUT2D eigenvalue weighted by molar-refractivity contribution is 5.79. The first-order valence-corrected chi connectivity index (χ1v) is 16.3. The second-order valence-electron chi connectivity index (χ2n) is 13.5. The second-order valence-corrected chi connectivity index (χ2v) is 13.5. The van der Waals surface area contributed by atoms with Gasteiger partial charge in [-0.05, 0) is 132 Å². The maximum atomic E-state index is 13.6. The molecular weight excluding hydrogens is 592 g/mol. The molecule has 3 aliphatic heterocycles. The molecule has 1 atom stereocenters. The lowest BCUT2D eigenvalue weighted by atomic mass is 9.71. The van der Waals surface area contributed by atoms with E-state index in [1.165, 1.54) is 37.9 Å². The minimum absolute atomic E-state index is 0.106. The predicted molar refractivity (Wildman–Crippen MR) is 163 cm³/mol. The molecule has 10 heteroatoms. The van der Waals surface area contributed by atoms with Gasteiger partial charge in [0.15, 0.2) is 0 Å². The zero-order valence-corrected chi connectivity index (χ0v) is 26.4. The zero-order chi connectivity index (χ0) is 32.4. The molecule has 1 amide bonds. The summed E-state index contributed by atoms with van der Waals surface area (Å²) in [5.41, 5.74) is 0.0512. The van der Waals surface area contributed by atoms with Crippen LogP contribution in [0, 0.1) is 13.8 Å². The van der Waals surface area contributed by atoms with E-state index in [1.54, 1.807) is 4.90 Å². The Kier molecular flexibility index (Phi) is 10.2. The number of nitrogens with zero attached hydrogens (tertiary/aromatic N) is 3. The first kappa shape index (κ1) is 33.8. The first-order valence-electron chi connectivity index (χ1n) is 16.3. The van der Waals surface area contributed by atoms with Gasteiger partial charge in [0.05, 0.1) is 17.5 Å². The Hall–Kier alpha value is -2.59. The topological polar surface area (TPSA) is 26.8 Å². The maximum Gasteiger partial charge on any atom is 0.416 e. The van der Waals surface area contributed by atoms with Gasteiger partial charge < -0.3 is 14.7 Å². The third kappa shape index (κ3) is 8.23. The van der Waals surface area contributed by atoms with E-state index in [2.05, 4.69) is 41.8 Å². The zero-order valence-electron chi connectivity index (χ0n) is 26.4. The van der Waals surface area contributed by atoms with Gasteiger partial charge in [0, 0.05) is 24.5 Å². The normalized spacial score (nSPS) is 23.0. The third-order valence-electron chi connectivity index (χ3n) is 10.4. The van der Waals surface area contributed by atoms with Gasteiger partial charge >= 0.3 is 12.4 Å². The molecule has 0 aliphatic carbocycles. The minimum Gasteiger partial charge on any atom is -0.342 e. The van der Waals surface area contributed by atoms with Crippen LogP contribution in [0.1, 0.15) is 84.7 Å². The summed E-state index contributed by atoms with van der Waals surface area (Å²) in [6.45, 7) is 10.3. The number of alkyl halides is 6. The van der Waals surface area contributed by atoms with Crippen molar-refractivity contribution in [3.63, 3.8) is 0 Å². The quantitative estimate of drug-likeness (QED) is 0.290. The predicted octanol–water partition coefficient (Wildman–Crippen LogP) is 7.78. The van der Waals surface area contributed by atoms with Crippen LogP contribution in [0.25, 0.3) is 0 Å². The molecule has 3 aliphatic rings. The molecule has 0 spiro atoms. The van der Waals surface area contributed by atoms with E-state index in [4.69, 9.17) is 0 Å². The summed E-state index contributed by atoms with van der Waals surface area (Å²) in [5.74, 6) is -0.447. The van der Waals surface area contributed by atoms with Crippen molar-refractivity contribution in [2.75, 3.05) is 45.8 Å². The van der Waals surface area contributed by atoms with E-state index in [0.29, 0.717) is 37.7 Å². The lowest BCUT2D eigenvalue weighted by molar-refractivity contribution is -0.143. The van der Waals surface area contributed by atoms with E-state index < -0.39 is 35.8 Å². The lowest BCUT2D eigenvalue weighted by Crippen LogP contribution is -2.51. The van der Waals surface area contributed by atoms with Gasteiger partial charge in [-0.25, -0.2) is 0 Å². The molecule has 0 N–H and O–H groups in total. The van der Waals surface area contributed by atoms with E-state index in [0.717, 1.165) is 56.4 Å². The smallest absolute Gasteiger partial charge is 0.342 e. The van der Waals surface area contributed by atoms with Gasteiger partial charge in [0.25, 0.3) is 0 Å². The van der Waals surface area contributed by atoms with Crippen LogP contribution in [0.3, 0.4) is 0 Å². The molecular formula is C35H45F6N3O. The molecule has 3 heterocycles. The van der Waals surface area contributed by atoms with Gasteiger partial charge in [0.1, 0.15) is 0 Å². The molecule has 0 saturated carbocycles. The molecule has 0 bridgehead atoms. The number of halogens is 6. The number of carbonyl (C=O) groups excluding carboxylic acids is 1. The Balaban J connectivity index is 1.32. The number of hydrogen-bond donors (Lipinski definition) is 0. The number of likely N-dealkylation sites (tertiary alicyclic amines) is 3. The SMILES string of the molecule is Cc1ccc([C@@]2(CCN3CCC(N4CCCCC4)CC3)CCCN(C(=O)Cc3cc(C(F)(F)F)cc(C(F)(F)F)c3)C2)cc1C. The van der Waals surface area contributed by atoms with E-state index in [1.807, 2.05) is 0 Å². The van der Waals surface area contributed by atoms with Gasteiger partial charge in [-0.3, -0.25) is 4.79 Å². The highest BCUT2D eigenvalue weighted by Crippen LogP contribution is 2.40. The Labute approximate surface area is 262 Å². The number of amides is 1. The van der Waals surface area contributed by atoms with E-state index in [-0.39, 0.29) is 17.0 Å². The molecule has 248 valence electrons. The fraction of sp³-hybridized carbons (Fsp3) is 0.629. The largest absolute Gasteiger partial charge is 0.416 e. The number of benzene rings is 2. The van der Waals surface area contributed by atoms with Crippen molar-refractivity contribution in [2.24, 2.45) is 0 Å².